The summed E-state index contributed by atoms with van der Waals surface area (Å²) >= 11 is 0. The third-order valence-electron chi connectivity index (χ3n) is 3.16. The van der Waals surface area contributed by atoms with Crippen molar-refractivity contribution in [2.75, 3.05) is 5.73 Å². The van der Waals surface area contributed by atoms with Gasteiger partial charge in [-0.3, -0.25) is 0 Å². The van der Waals surface area contributed by atoms with E-state index in [1.54, 1.807) is 18.2 Å². The van der Waals surface area contributed by atoms with Crippen LogP contribution in [0.25, 0.3) is 11.1 Å². The Morgan fingerprint density at radius 2 is 1.48 bits per heavy atom. The average Bonchev–Trinajstić information content (AvgIpc) is 2.51. The zero-order valence-electron chi connectivity index (χ0n) is 11.3. The van der Waals surface area contributed by atoms with E-state index in [4.69, 9.17) is 10.5 Å². The summed E-state index contributed by atoms with van der Waals surface area (Å²) in [5, 5.41) is 0. The second kappa shape index (κ2) is 5.67. The van der Waals surface area contributed by atoms with Crippen LogP contribution in [0.5, 0.6) is 11.5 Å². The van der Waals surface area contributed by atoms with Crippen LogP contribution in [-0.2, 0) is 0 Å². The van der Waals surface area contributed by atoms with Gasteiger partial charge in [-0.2, -0.15) is 0 Å². The number of para-hydroxylation sites is 1. The Morgan fingerprint density at radius 3 is 2.19 bits per heavy atom. The summed E-state index contributed by atoms with van der Waals surface area (Å²) < 4.78 is 18.8. The maximum Gasteiger partial charge on any atom is 0.128 e. The Bertz CT molecular complexity index is 739. The fourth-order valence-corrected chi connectivity index (χ4v) is 2.10. The molecule has 0 saturated heterocycles. The minimum Gasteiger partial charge on any atom is -0.457 e. The molecule has 0 spiro atoms. The standard InChI is InChI=1S/C18H14FNO/c19-14-8-6-13(7-9-14)17-12-16(10-11-18(17)20)21-15-4-2-1-3-5-15/h1-12H,20H2. The van der Waals surface area contributed by atoms with Gasteiger partial charge in [-0.15, -0.1) is 0 Å². The summed E-state index contributed by atoms with van der Waals surface area (Å²) in [6, 6.07) is 21.2. The van der Waals surface area contributed by atoms with Crippen molar-refractivity contribution in [3.8, 4) is 22.6 Å². The van der Waals surface area contributed by atoms with Crippen molar-refractivity contribution in [3.63, 3.8) is 0 Å². The van der Waals surface area contributed by atoms with E-state index in [1.807, 2.05) is 42.5 Å². The molecule has 21 heavy (non-hydrogen) atoms. The molecule has 0 radical (unpaired) electrons. The van der Waals surface area contributed by atoms with Crippen molar-refractivity contribution in [1.82, 2.24) is 0 Å². The van der Waals surface area contributed by atoms with Gasteiger partial charge >= 0.3 is 0 Å². The molecule has 0 aromatic heterocycles. The molecule has 3 heteroatoms. The monoisotopic (exact) mass is 279 g/mol. The third-order valence-corrected chi connectivity index (χ3v) is 3.16. The van der Waals surface area contributed by atoms with Crippen molar-refractivity contribution in [2.45, 2.75) is 0 Å². The highest BCUT2D eigenvalue weighted by atomic mass is 19.1. The Balaban J connectivity index is 1.94. The molecule has 0 fully saturated rings. The Kier molecular flexibility index (Phi) is 3.56. The van der Waals surface area contributed by atoms with E-state index in [0.717, 1.165) is 16.9 Å². The van der Waals surface area contributed by atoms with Crippen molar-refractivity contribution in [3.05, 3.63) is 78.6 Å². The largest absolute Gasteiger partial charge is 0.457 e. The molecule has 0 heterocycles. The smallest absolute Gasteiger partial charge is 0.128 e. The van der Waals surface area contributed by atoms with Crippen LogP contribution in [0.1, 0.15) is 0 Å². The summed E-state index contributed by atoms with van der Waals surface area (Å²) in [7, 11) is 0. The molecule has 3 aromatic rings. The van der Waals surface area contributed by atoms with E-state index in [1.165, 1.54) is 12.1 Å². The van der Waals surface area contributed by atoms with Crippen LogP contribution in [0.15, 0.2) is 72.8 Å². The van der Waals surface area contributed by atoms with E-state index in [-0.39, 0.29) is 5.82 Å². The fraction of sp³-hybridized carbons (Fsp3) is 0. The van der Waals surface area contributed by atoms with Gasteiger partial charge in [0, 0.05) is 11.3 Å². The maximum atomic E-state index is 13.0. The van der Waals surface area contributed by atoms with Gasteiger partial charge in [-0.05, 0) is 48.0 Å². The fourth-order valence-electron chi connectivity index (χ4n) is 2.10. The molecule has 0 aliphatic carbocycles. The Labute approximate surface area is 122 Å². The van der Waals surface area contributed by atoms with Crippen LogP contribution in [-0.4, -0.2) is 0 Å². The quantitative estimate of drug-likeness (QED) is 0.694. The first-order valence-electron chi connectivity index (χ1n) is 6.61. The highest BCUT2D eigenvalue weighted by Crippen LogP contribution is 2.32. The zero-order chi connectivity index (χ0) is 14.7. The van der Waals surface area contributed by atoms with Crippen molar-refractivity contribution in [2.24, 2.45) is 0 Å². The number of rotatable bonds is 3. The normalized spacial score (nSPS) is 10.3. The molecule has 0 bridgehead atoms. The SMILES string of the molecule is Nc1ccc(Oc2ccccc2)cc1-c1ccc(F)cc1. The first-order chi connectivity index (χ1) is 10.2. The Morgan fingerprint density at radius 1 is 0.762 bits per heavy atom. The summed E-state index contributed by atoms with van der Waals surface area (Å²) in [5.41, 5.74) is 8.31. The van der Waals surface area contributed by atoms with Gasteiger partial charge in [0.25, 0.3) is 0 Å². The molecule has 2 N–H and O–H groups in total. The lowest BCUT2D eigenvalue weighted by molar-refractivity contribution is 0.483. The molecule has 0 aliphatic rings. The van der Waals surface area contributed by atoms with Crippen LogP contribution in [0.2, 0.25) is 0 Å². The molecular formula is C18H14FNO. The minimum atomic E-state index is -0.269. The number of anilines is 1. The van der Waals surface area contributed by atoms with Gasteiger partial charge in [-0.1, -0.05) is 30.3 Å². The number of hydrogen-bond acceptors (Lipinski definition) is 2. The number of hydrogen-bond donors (Lipinski definition) is 1. The molecule has 104 valence electrons. The van der Waals surface area contributed by atoms with E-state index < -0.39 is 0 Å². The number of ether oxygens (including phenoxy) is 1. The van der Waals surface area contributed by atoms with E-state index in [2.05, 4.69) is 0 Å². The van der Waals surface area contributed by atoms with Crippen molar-refractivity contribution in [1.29, 1.82) is 0 Å². The minimum absolute atomic E-state index is 0.269. The average molecular weight is 279 g/mol. The van der Waals surface area contributed by atoms with Crippen LogP contribution in [0.3, 0.4) is 0 Å². The van der Waals surface area contributed by atoms with Gasteiger partial charge in [-0.25, -0.2) is 4.39 Å². The first kappa shape index (κ1) is 13.2. The lowest BCUT2D eigenvalue weighted by Crippen LogP contribution is -1.92. The van der Waals surface area contributed by atoms with Crippen LogP contribution < -0.4 is 10.5 Å². The molecule has 0 amide bonds. The summed E-state index contributed by atoms with van der Waals surface area (Å²) in [4.78, 5) is 0. The molecule has 0 atom stereocenters. The number of nitrogens with two attached hydrogens (primary N) is 1. The van der Waals surface area contributed by atoms with Crippen molar-refractivity contribution >= 4 is 5.69 Å². The number of halogens is 1. The maximum absolute atomic E-state index is 13.0. The molecule has 3 rings (SSSR count). The molecular weight excluding hydrogens is 265 g/mol. The molecule has 2 nitrogen and oxygen atoms in total. The van der Waals surface area contributed by atoms with Gasteiger partial charge in [0.15, 0.2) is 0 Å². The van der Waals surface area contributed by atoms with Crippen molar-refractivity contribution < 1.29 is 9.13 Å². The number of nitrogen functional groups attached to an aromatic ring is 1. The zero-order valence-corrected chi connectivity index (χ0v) is 11.3. The summed E-state index contributed by atoms with van der Waals surface area (Å²) in [5.74, 6) is 1.18. The van der Waals surface area contributed by atoms with Crippen LogP contribution in [0, 0.1) is 5.82 Å². The second-order valence-corrected chi connectivity index (χ2v) is 4.67. The van der Waals surface area contributed by atoms with Gasteiger partial charge in [0.2, 0.25) is 0 Å². The van der Waals surface area contributed by atoms with E-state index >= 15 is 0 Å². The molecule has 0 unspecified atom stereocenters. The number of benzene rings is 3. The molecule has 3 aromatic carbocycles. The van der Waals surface area contributed by atoms with Crippen LogP contribution >= 0.6 is 0 Å². The van der Waals surface area contributed by atoms with Gasteiger partial charge in [0.05, 0.1) is 0 Å². The van der Waals surface area contributed by atoms with Gasteiger partial charge < -0.3 is 10.5 Å². The van der Waals surface area contributed by atoms with E-state index in [9.17, 15) is 4.39 Å². The Hall–Kier alpha value is -2.81. The summed E-state index contributed by atoms with van der Waals surface area (Å²) in [6.07, 6.45) is 0. The lowest BCUT2D eigenvalue weighted by atomic mass is 10.0. The highest BCUT2D eigenvalue weighted by Gasteiger charge is 2.06. The predicted molar refractivity (Wildman–Crippen MR) is 82.8 cm³/mol. The highest BCUT2D eigenvalue weighted by molar-refractivity contribution is 5.77. The topological polar surface area (TPSA) is 35.2 Å². The third kappa shape index (κ3) is 3.03. The first-order valence-corrected chi connectivity index (χ1v) is 6.61. The van der Waals surface area contributed by atoms with Gasteiger partial charge in [0.1, 0.15) is 17.3 Å². The molecule has 0 saturated carbocycles. The van der Waals surface area contributed by atoms with E-state index in [0.29, 0.717) is 11.4 Å². The predicted octanol–water partition coefficient (Wildman–Crippen LogP) is 4.87. The van der Waals surface area contributed by atoms with Crippen LogP contribution in [0.4, 0.5) is 10.1 Å². The summed E-state index contributed by atoms with van der Waals surface area (Å²) in [6.45, 7) is 0. The second-order valence-electron chi connectivity index (χ2n) is 4.67. The molecule has 0 aliphatic heterocycles. The lowest BCUT2D eigenvalue weighted by Gasteiger charge is -2.10.